The van der Waals surface area contributed by atoms with Gasteiger partial charge in [-0.2, -0.15) is 0 Å². The largest absolute Gasteiger partial charge is 0.491 e. The van der Waals surface area contributed by atoms with E-state index >= 15 is 0 Å². The van der Waals surface area contributed by atoms with E-state index in [1.807, 2.05) is 38.1 Å². The van der Waals surface area contributed by atoms with Gasteiger partial charge in [0.1, 0.15) is 5.75 Å². The van der Waals surface area contributed by atoms with E-state index in [2.05, 4.69) is 18.7 Å². The van der Waals surface area contributed by atoms with Crippen molar-refractivity contribution in [1.82, 2.24) is 4.90 Å². The molecule has 0 spiro atoms. The van der Waals surface area contributed by atoms with Crippen molar-refractivity contribution < 1.29 is 9.84 Å². The predicted octanol–water partition coefficient (Wildman–Crippen LogP) is 3.77. The Hall–Kier alpha value is -1.06. The van der Waals surface area contributed by atoms with E-state index in [1.54, 1.807) is 0 Å². The molecule has 1 saturated heterocycles. The second-order valence-corrected chi connectivity index (χ2v) is 6.58. The second-order valence-electron chi connectivity index (χ2n) is 6.58. The summed E-state index contributed by atoms with van der Waals surface area (Å²) in [7, 11) is 0. The molecule has 0 saturated carbocycles. The lowest BCUT2D eigenvalue weighted by Gasteiger charge is -2.40. The molecule has 1 aromatic rings. The molecule has 1 aliphatic heterocycles. The number of β-amino-alcohol motifs (C(OH)–C–C–N with tert-alkyl or cyclic N) is 1. The first-order chi connectivity index (χ1) is 9.97. The fraction of sp³-hybridized carbons (Fsp3) is 0.667. The minimum Gasteiger partial charge on any atom is -0.491 e. The van der Waals surface area contributed by atoms with Crippen molar-refractivity contribution in [3.05, 3.63) is 29.8 Å². The molecule has 1 aliphatic rings. The average molecular weight is 291 g/mol. The number of hydrogen-bond donors (Lipinski definition) is 1. The third-order valence-electron chi connectivity index (χ3n) is 4.40. The van der Waals surface area contributed by atoms with Crippen LogP contribution in [0, 0.1) is 0 Å². The molecule has 1 heterocycles. The summed E-state index contributed by atoms with van der Waals surface area (Å²) >= 11 is 0. The van der Waals surface area contributed by atoms with E-state index in [-0.39, 0.29) is 6.10 Å². The zero-order chi connectivity index (χ0) is 15.4. The quantitative estimate of drug-likeness (QED) is 0.896. The maximum Gasteiger partial charge on any atom is 0.119 e. The minimum atomic E-state index is -0.430. The molecule has 1 aromatic carbocycles. The lowest BCUT2D eigenvalue weighted by atomic mass is 9.96. The van der Waals surface area contributed by atoms with Crippen molar-refractivity contribution in [2.45, 2.75) is 71.2 Å². The highest BCUT2D eigenvalue weighted by Gasteiger charge is 2.26. The molecule has 118 valence electrons. The molecule has 21 heavy (non-hydrogen) atoms. The van der Waals surface area contributed by atoms with Crippen molar-refractivity contribution in [1.29, 1.82) is 0 Å². The van der Waals surface area contributed by atoms with Gasteiger partial charge in [-0.3, -0.25) is 4.90 Å². The maximum absolute atomic E-state index is 10.5. The van der Waals surface area contributed by atoms with Gasteiger partial charge < -0.3 is 9.84 Å². The van der Waals surface area contributed by atoms with E-state index in [1.165, 1.54) is 19.3 Å². The predicted molar refractivity (Wildman–Crippen MR) is 86.6 cm³/mol. The molecule has 2 rings (SSSR count). The molecule has 0 aromatic heterocycles. The number of likely N-dealkylation sites (tertiary alicyclic amines) is 1. The van der Waals surface area contributed by atoms with E-state index in [0.29, 0.717) is 18.6 Å². The van der Waals surface area contributed by atoms with Crippen LogP contribution in [0.25, 0.3) is 0 Å². The second kappa shape index (κ2) is 7.28. The summed E-state index contributed by atoms with van der Waals surface area (Å²) in [6, 6.07) is 8.96. The zero-order valence-corrected chi connectivity index (χ0v) is 13.7. The van der Waals surface area contributed by atoms with Gasteiger partial charge in [0.05, 0.1) is 12.2 Å². The van der Waals surface area contributed by atoms with Gasteiger partial charge >= 0.3 is 0 Å². The van der Waals surface area contributed by atoms with Crippen molar-refractivity contribution >= 4 is 0 Å². The first kappa shape index (κ1) is 16.3. The molecule has 1 fully saturated rings. The molecular weight excluding hydrogens is 262 g/mol. The lowest BCUT2D eigenvalue weighted by molar-refractivity contribution is 0.0411. The number of hydrogen-bond acceptors (Lipinski definition) is 3. The third kappa shape index (κ3) is 4.45. The van der Waals surface area contributed by atoms with Crippen LogP contribution < -0.4 is 4.74 Å². The Balaban J connectivity index is 1.97. The first-order valence-electron chi connectivity index (χ1n) is 8.17. The number of benzene rings is 1. The molecule has 3 atom stereocenters. The van der Waals surface area contributed by atoms with Gasteiger partial charge in [-0.1, -0.05) is 18.6 Å². The molecule has 3 heteroatoms. The Morgan fingerprint density at radius 3 is 2.24 bits per heavy atom. The SMILES string of the molecule is CC(C)Oc1ccc(C(O)CN2[C@H](C)CCC[C@@H]2C)cc1. The highest BCUT2D eigenvalue weighted by Crippen LogP contribution is 2.26. The maximum atomic E-state index is 10.5. The van der Waals surface area contributed by atoms with E-state index < -0.39 is 6.10 Å². The van der Waals surface area contributed by atoms with Gasteiger partial charge in [0.2, 0.25) is 0 Å². The van der Waals surface area contributed by atoms with E-state index in [9.17, 15) is 5.11 Å². The normalized spacial score (nSPS) is 25.0. The van der Waals surface area contributed by atoms with Crippen LogP contribution in [0.15, 0.2) is 24.3 Å². The monoisotopic (exact) mass is 291 g/mol. The van der Waals surface area contributed by atoms with Crippen LogP contribution >= 0.6 is 0 Å². The van der Waals surface area contributed by atoms with Crippen LogP contribution in [0.4, 0.5) is 0 Å². The van der Waals surface area contributed by atoms with Crippen LogP contribution in [0.1, 0.15) is 58.6 Å². The standard InChI is InChI=1S/C18H29NO2/c1-13(2)21-17-10-8-16(9-11-17)18(20)12-19-14(3)6-5-7-15(19)4/h8-11,13-15,18,20H,5-7,12H2,1-4H3/t14-,15+,18?. The van der Waals surface area contributed by atoms with Gasteiger partial charge in [0, 0.05) is 18.6 Å². The fourth-order valence-corrected chi connectivity index (χ4v) is 3.18. The summed E-state index contributed by atoms with van der Waals surface area (Å²) in [6.45, 7) is 9.28. The number of rotatable bonds is 5. The summed E-state index contributed by atoms with van der Waals surface area (Å²) < 4.78 is 5.64. The van der Waals surface area contributed by atoms with Crippen molar-refractivity contribution in [2.24, 2.45) is 0 Å². The van der Waals surface area contributed by atoms with Crippen LogP contribution in [-0.2, 0) is 0 Å². The molecule has 0 amide bonds. The Bertz CT molecular complexity index is 419. The Kier molecular flexibility index (Phi) is 5.65. The average Bonchev–Trinajstić information content (AvgIpc) is 2.43. The lowest BCUT2D eigenvalue weighted by Crippen LogP contribution is -2.45. The molecule has 1 N–H and O–H groups in total. The van der Waals surface area contributed by atoms with E-state index in [0.717, 1.165) is 11.3 Å². The molecule has 0 bridgehead atoms. The van der Waals surface area contributed by atoms with Gasteiger partial charge in [0.25, 0.3) is 0 Å². The molecule has 0 radical (unpaired) electrons. The number of piperidine rings is 1. The molecular formula is C18H29NO2. The smallest absolute Gasteiger partial charge is 0.119 e. The summed E-state index contributed by atoms with van der Waals surface area (Å²) in [5, 5.41) is 10.5. The zero-order valence-electron chi connectivity index (χ0n) is 13.7. The number of ether oxygens (including phenoxy) is 1. The van der Waals surface area contributed by atoms with Gasteiger partial charge in [0.15, 0.2) is 0 Å². The number of aliphatic hydroxyl groups is 1. The Morgan fingerprint density at radius 1 is 1.14 bits per heavy atom. The van der Waals surface area contributed by atoms with Crippen LogP contribution in [-0.4, -0.2) is 34.7 Å². The summed E-state index contributed by atoms with van der Waals surface area (Å²) in [5.41, 5.74) is 0.969. The Morgan fingerprint density at radius 2 is 1.71 bits per heavy atom. The van der Waals surface area contributed by atoms with Crippen LogP contribution in [0.3, 0.4) is 0 Å². The molecule has 3 nitrogen and oxygen atoms in total. The van der Waals surface area contributed by atoms with Gasteiger partial charge in [-0.05, 0) is 58.2 Å². The molecule has 0 aliphatic carbocycles. The van der Waals surface area contributed by atoms with E-state index in [4.69, 9.17) is 4.74 Å². The highest BCUT2D eigenvalue weighted by atomic mass is 16.5. The van der Waals surface area contributed by atoms with Crippen LogP contribution in [0.2, 0.25) is 0 Å². The van der Waals surface area contributed by atoms with Crippen LogP contribution in [0.5, 0.6) is 5.75 Å². The summed E-state index contributed by atoms with van der Waals surface area (Å²) in [5.74, 6) is 0.862. The summed E-state index contributed by atoms with van der Waals surface area (Å²) in [6.07, 6.45) is 3.52. The van der Waals surface area contributed by atoms with Crippen molar-refractivity contribution in [3.63, 3.8) is 0 Å². The number of nitrogens with zero attached hydrogens (tertiary/aromatic N) is 1. The van der Waals surface area contributed by atoms with Crippen molar-refractivity contribution in [3.8, 4) is 5.75 Å². The summed E-state index contributed by atoms with van der Waals surface area (Å²) in [4.78, 5) is 2.44. The minimum absolute atomic E-state index is 0.177. The number of aliphatic hydroxyl groups excluding tert-OH is 1. The molecule has 1 unspecified atom stereocenters. The fourth-order valence-electron chi connectivity index (χ4n) is 3.18. The highest BCUT2D eigenvalue weighted by molar-refractivity contribution is 5.28. The third-order valence-corrected chi connectivity index (χ3v) is 4.40. The van der Waals surface area contributed by atoms with Crippen molar-refractivity contribution in [2.75, 3.05) is 6.54 Å². The van der Waals surface area contributed by atoms with Gasteiger partial charge in [-0.15, -0.1) is 0 Å². The topological polar surface area (TPSA) is 32.7 Å². The van der Waals surface area contributed by atoms with Gasteiger partial charge in [-0.25, -0.2) is 0 Å². The Labute approximate surface area is 128 Å². The first-order valence-corrected chi connectivity index (χ1v) is 8.17.